The molecule has 0 aliphatic carbocycles. The SMILES string of the molecule is CN(C)C(=O)c1ccc(N)cc1NCCCCCO. The molecule has 1 rings (SSSR count). The Morgan fingerprint density at radius 1 is 1.32 bits per heavy atom. The molecule has 0 saturated carbocycles. The second-order valence-corrected chi connectivity index (χ2v) is 4.72. The topological polar surface area (TPSA) is 78.6 Å². The van der Waals surface area contributed by atoms with Gasteiger partial charge in [-0.3, -0.25) is 4.79 Å². The van der Waals surface area contributed by atoms with E-state index in [1.807, 2.05) is 0 Å². The Labute approximate surface area is 114 Å². The van der Waals surface area contributed by atoms with Crippen LogP contribution in [0, 0.1) is 0 Å². The summed E-state index contributed by atoms with van der Waals surface area (Å²) < 4.78 is 0. The molecule has 0 aromatic heterocycles. The highest BCUT2D eigenvalue weighted by Crippen LogP contribution is 2.20. The summed E-state index contributed by atoms with van der Waals surface area (Å²) in [6.07, 6.45) is 2.72. The predicted molar refractivity (Wildman–Crippen MR) is 78.3 cm³/mol. The van der Waals surface area contributed by atoms with E-state index < -0.39 is 0 Å². The van der Waals surface area contributed by atoms with E-state index in [-0.39, 0.29) is 12.5 Å². The molecule has 0 bridgehead atoms. The number of unbranched alkanes of at least 4 members (excludes halogenated alkanes) is 2. The largest absolute Gasteiger partial charge is 0.399 e. The number of rotatable bonds is 7. The fourth-order valence-corrected chi connectivity index (χ4v) is 1.77. The predicted octanol–water partition coefficient (Wildman–Crippen LogP) is 1.55. The van der Waals surface area contributed by atoms with E-state index >= 15 is 0 Å². The average Bonchev–Trinajstić information content (AvgIpc) is 2.38. The lowest BCUT2D eigenvalue weighted by Crippen LogP contribution is -2.23. The van der Waals surface area contributed by atoms with Crippen LogP contribution in [0.5, 0.6) is 0 Å². The van der Waals surface area contributed by atoms with Gasteiger partial charge in [0.05, 0.1) is 5.56 Å². The molecule has 4 N–H and O–H groups in total. The minimum atomic E-state index is -0.0436. The van der Waals surface area contributed by atoms with Crippen LogP contribution in [0.15, 0.2) is 18.2 Å². The van der Waals surface area contributed by atoms with Crippen LogP contribution in [0.3, 0.4) is 0 Å². The Bertz CT molecular complexity index is 419. The van der Waals surface area contributed by atoms with Gasteiger partial charge in [0.15, 0.2) is 0 Å². The average molecular weight is 265 g/mol. The molecule has 0 fully saturated rings. The second kappa shape index (κ2) is 7.63. The van der Waals surface area contributed by atoms with E-state index in [1.165, 1.54) is 0 Å². The standard InChI is InChI=1S/C14H23N3O2/c1-17(2)14(19)12-7-6-11(15)10-13(12)16-8-4-3-5-9-18/h6-7,10,16,18H,3-5,8-9,15H2,1-2H3. The van der Waals surface area contributed by atoms with Crippen molar-refractivity contribution in [2.45, 2.75) is 19.3 Å². The van der Waals surface area contributed by atoms with E-state index in [0.29, 0.717) is 11.3 Å². The Kier molecular flexibility index (Phi) is 6.15. The maximum atomic E-state index is 12.0. The number of amides is 1. The molecular weight excluding hydrogens is 242 g/mol. The van der Waals surface area contributed by atoms with Crippen LogP contribution in [0.1, 0.15) is 29.6 Å². The number of nitrogen functional groups attached to an aromatic ring is 1. The Balaban J connectivity index is 2.69. The minimum Gasteiger partial charge on any atom is -0.399 e. The van der Waals surface area contributed by atoms with E-state index in [1.54, 1.807) is 37.2 Å². The van der Waals surface area contributed by atoms with Crippen molar-refractivity contribution in [3.8, 4) is 0 Å². The summed E-state index contributed by atoms with van der Waals surface area (Å²) in [6, 6.07) is 5.25. The quantitative estimate of drug-likeness (QED) is 0.516. The van der Waals surface area contributed by atoms with Gasteiger partial charge in [-0.05, 0) is 37.5 Å². The molecule has 1 aromatic carbocycles. The number of hydrogen-bond donors (Lipinski definition) is 3. The van der Waals surface area contributed by atoms with Crippen molar-refractivity contribution in [1.29, 1.82) is 0 Å². The van der Waals surface area contributed by atoms with Crippen molar-refractivity contribution < 1.29 is 9.90 Å². The number of aliphatic hydroxyl groups excluding tert-OH is 1. The maximum Gasteiger partial charge on any atom is 0.255 e. The second-order valence-electron chi connectivity index (χ2n) is 4.72. The first-order valence-corrected chi connectivity index (χ1v) is 6.52. The first kappa shape index (κ1) is 15.3. The summed E-state index contributed by atoms with van der Waals surface area (Å²) in [4.78, 5) is 13.6. The van der Waals surface area contributed by atoms with E-state index in [0.717, 1.165) is 31.5 Å². The molecule has 0 spiro atoms. The highest BCUT2D eigenvalue weighted by atomic mass is 16.2. The van der Waals surface area contributed by atoms with Crippen molar-refractivity contribution in [3.63, 3.8) is 0 Å². The van der Waals surface area contributed by atoms with Gasteiger partial charge < -0.3 is 21.1 Å². The summed E-state index contributed by atoms with van der Waals surface area (Å²) in [5.41, 5.74) is 7.78. The fraction of sp³-hybridized carbons (Fsp3) is 0.500. The van der Waals surface area contributed by atoms with Crippen LogP contribution in [0.25, 0.3) is 0 Å². The van der Waals surface area contributed by atoms with Gasteiger partial charge >= 0.3 is 0 Å². The third kappa shape index (κ3) is 4.79. The lowest BCUT2D eigenvalue weighted by Gasteiger charge is -2.16. The van der Waals surface area contributed by atoms with Crippen LogP contribution < -0.4 is 11.1 Å². The molecule has 1 amide bonds. The molecule has 0 atom stereocenters. The number of nitrogens with zero attached hydrogens (tertiary/aromatic N) is 1. The third-order valence-corrected chi connectivity index (χ3v) is 2.83. The van der Waals surface area contributed by atoms with E-state index in [9.17, 15) is 4.79 Å². The third-order valence-electron chi connectivity index (χ3n) is 2.83. The molecule has 0 heterocycles. The van der Waals surface area contributed by atoms with Gasteiger partial charge in [0.2, 0.25) is 0 Å². The molecule has 1 aromatic rings. The summed E-state index contributed by atoms with van der Waals surface area (Å²) in [5, 5.41) is 11.9. The number of aliphatic hydroxyl groups is 1. The zero-order chi connectivity index (χ0) is 14.3. The molecular formula is C14H23N3O2. The van der Waals surface area contributed by atoms with Crippen molar-refractivity contribution in [1.82, 2.24) is 4.90 Å². The molecule has 106 valence electrons. The van der Waals surface area contributed by atoms with E-state index in [2.05, 4.69) is 5.32 Å². The van der Waals surface area contributed by atoms with Gasteiger partial charge in [0.25, 0.3) is 5.91 Å². The van der Waals surface area contributed by atoms with Gasteiger partial charge in [-0.2, -0.15) is 0 Å². The van der Waals surface area contributed by atoms with Gasteiger partial charge in [0.1, 0.15) is 0 Å². The zero-order valence-electron chi connectivity index (χ0n) is 11.6. The van der Waals surface area contributed by atoms with Crippen LogP contribution >= 0.6 is 0 Å². The molecule has 0 aliphatic rings. The minimum absolute atomic E-state index is 0.0436. The zero-order valence-corrected chi connectivity index (χ0v) is 11.6. The molecule has 0 aliphatic heterocycles. The van der Waals surface area contributed by atoms with Crippen LogP contribution in [0.2, 0.25) is 0 Å². The lowest BCUT2D eigenvalue weighted by atomic mass is 10.1. The maximum absolute atomic E-state index is 12.0. The normalized spacial score (nSPS) is 10.3. The summed E-state index contributed by atoms with van der Waals surface area (Å²) in [7, 11) is 3.45. The summed E-state index contributed by atoms with van der Waals surface area (Å²) in [5.74, 6) is -0.0436. The van der Waals surface area contributed by atoms with E-state index in [4.69, 9.17) is 10.8 Å². The molecule has 5 heteroatoms. The van der Waals surface area contributed by atoms with Crippen molar-refractivity contribution in [2.75, 3.05) is 38.3 Å². The Morgan fingerprint density at radius 2 is 2.05 bits per heavy atom. The first-order valence-electron chi connectivity index (χ1n) is 6.52. The number of hydrogen-bond acceptors (Lipinski definition) is 4. The number of nitrogens with one attached hydrogen (secondary N) is 1. The highest BCUT2D eigenvalue weighted by Gasteiger charge is 2.13. The smallest absolute Gasteiger partial charge is 0.255 e. The summed E-state index contributed by atoms with van der Waals surface area (Å²) in [6.45, 7) is 0.986. The number of benzene rings is 1. The number of nitrogens with two attached hydrogens (primary N) is 1. The van der Waals surface area contributed by atoms with Crippen LogP contribution in [-0.2, 0) is 0 Å². The molecule has 0 saturated heterocycles. The number of carbonyl (C=O) groups excluding carboxylic acids is 1. The number of anilines is 2. The fourth-order valence-electron chi connectivity index (χ4n) is 1.77. The molecule has 0 unspecified atom stereocenters. The van der Waals surface area contributed by atoms with Gasteiger partial charge in [-0.15, -0.1) is 0 Å². The monoisotopic (exact) mass is 265 g/mol. The first-order chi connectivity index (χ1) is 9.06. The highest BCUT2D eigenvalue weighted by molar-refractivity contribution is 5.99. The van der Waals surface area contributed by atoms with Crippen molar-refractivity contribution in [2.24, 2.45) is 0 Å². The van der Waals surface area contributed by atoms with Crippen molar-refractivity contribution in [3.05, 3.63) is 23.8 Å². The lowest BCUT2D eigenvalue weighted by molar-refractivity contribution is 0.0828. The molecule has 0 radical (unpaired) electrons. The van der Waals surface area contributed by atoms with Crippen LogP contribution in [-0.4, -0.2) is 43.2 Å². The van der Waals surface area contributed by atoms with Gasteiger partial charge in [-0.1, -0.05) is 0 Å². The molecule has 5 nitrogen and oxygen atoms in total. The number of carbonyl (C=O) groups is 1. The Hall–Kier alpha value is -1.75. The Morgan fingerprint density at radius 3 is 2.68 bits per heavy atom. The van der Waals surface area contributed by atoms with Crippen molar-refractivity contribution >= 4 is 17.3 Å². The van der Waals surface area contributed by atoms with Crippen LogP contribution in [0.4, 0.5) is 11.4 Å². The summed E-state index contributed by atoms with van der Waals surface area (Å²) >= 11 is 0. The van der Waals surface area contributed by atoms with Gasteiger partial charge in [0, 0.05) is 38.6 Å². The molecule has 19 heavy (non-hydrogen) atoms. The van der Waals surface area contributed by atoms with Gasteiger partial charge in [-0.25, -0.2) is 0 Å².